The Morgan fingerprint density at radius 2 is 1.79 bits per heavy atom. The number of hydrogen-bond donors (Lipinski definition) is 1. The predicted molar refractivity (Wildman–Crippen MR) is 82.5 cm³/mol. The number of anilines is 1. The number of nitrogens with one attached hydrogen (secondary N) is 1. The van der Waals surface area contributed by atoms with Crippen LogP contribution in [0.4, 0.5) is 5.69 Å². The Hall–Kier alpha value is -1.06. The molecule has 0 radical (unpaired) electrons. The van der Waals surface area contributed by atoms with Crippen LogP contribution in [0, 0.1) is 5.41 Å². The topological polar surface area (TPSA) is 41.5 Å². The number of carbonyl (C=O) groups is 1. The van der Waals surface area contributed by atoms with Crippen molar-refractivity contribution >= 4 is 41.0 Å². The van der Waals surface area contributed by atoms with Crippen LogP contribution in [0.25, 0.3) is 0 Å². The Labute approximate surface area is 124 Å². The second-order valence-corrected chi connectivity index (χ2v) is 6.34. The highest BCUT2D eigenvalue weighted by atomic mass is 35.5. The standard InChI is InChI=1S/C14H18Cl2N2O/c1-9(17-8-14(2,3)4)13(19)18-12-6-10(15)5-11(16)7-12/h5-9H,1-4H3,(H,18,19)/t9-/m1/s1. The van der Waals surface area contributed by atoms with Crippen LogP contribution in [-0.2, 0) is 4.79 Å². The average Bonchev–Trinajstić information content (AvgIpc) is 2.23. The molecule has 0 bridgehead atoms. The highest BCUT2D eigenvalue weighted by Gasteiger charge is 2.13. The van der Waals surface area contributed by atoms with Crippen LogP contribution >= 0.6 is 23.2 Å². The third-order valence-corrected chi connectivity index (χ3v) is 2.63. The van der Waals surface area contributed by atoms with Crippen molar-refractivity contribution in [2.45, 2.75) is 33.7 Å². The monoisotopic (exact) mass is 300 g/mol. The summed E-state index contributed by atoms with van der Waals surface area (Å²) in [6, 6.07) is 4.44. The minimum Gasteiger partial charge on any atom is -0.324 e. The van der Waals surface area contributed by atoms with Crippen LogP contribution in [0.3, 0.4) is 0 Å². The van der Waals surface area contributed by atoms with Crippen molar-refractivity contribution in [3.8, 4) is 0 Å². The lowest BCUT2D eigenvalue weighted by Crippen LogP contribution is -2.24. The molecule has 0 spiro atoms. The molecule has 1 aromatic carbocycles. The van der Waals surface area contributed by atoms with Crippen molar-refractivity contribution < 1.29 is 4.79 Å². The van der Waals surface area contributed by atoms with Gasteiger partial charge in [0.15, 0.2) is 0 Å². The fourth-order valence-corrected chi connectivity index (χ4v) is 1.80. The molecule has 0 aromatic heterocycles. The smallest absolute Gasteiger partial charge is 0.248 e. The first-order valence-corrected chi connectivity index (χ1v) is 6.74. The van der Waals surface area contributed by atoms with Crippen molar-refractivity contribution in [2.75, 3.05) is 5.32 Å². The van der Waals surface area contributed by atoms with Crippen LogP contribution in [0.5, 0.6) is 0 Å². The number of halogens is 2. The molecule has 0 aliphatic heterocycles. The van der Waals surface area contributed by atoms with Crippen LogP contribution in [0.2, 0.25) is 10.0 Å². The van der Waals surface area contributed by atoms with E-state index in [0.29, 0.717) is 15.7 Å². The summed E-state index contributed by atoms with van der Waals surface area (Å²) in [4.78, 5) is 16.2. The molecular formula is C14H18Cl2N2O. The molecule has 0 fully saturated rings. The van der Waals surface area contributed by atoms with Gasteiger partial charge in [-0.3, -0.25) is 9.79 Å². The van der Waals surface area contributed by atoms with Crippen molar-refractivity contribution in [2.24, 2.45) is 10.4 Å². The van der Waals surface area contributed by atoms with Gasteiger partial charge in [-0.05, 0) is 30.5 Å². The fourth-order valence-electron chi connectivity index (χ4n) is 1.28. The number of aliphatic imine (C=N–C) groups is 1. The Morgan fingerprint density at radius 3 is 2.26 bits per heavy atom. The maximum atomic E-state index is 11.9. The van der Waals surface area contributed by atoms with E-state index in [1.54, 1.807) is 31.3 Å². The first-order valence-electron chi connectivity index (χ1n) is 5.99. The minimum atomic E-state index is -0.461. The van der Waals surface area contributed by atoms with Crippen LogP contribution in [-0.4, -0.2) is 18.2 Å². The molecule has 19 heavy (non-hydrogen) atoms. The van der Waals surface area contributed by atoms with Crippen LogP contribution < -0.4 is 5.32 Å². The largest absolute Gasteiger partial charge is 0.324 e. The maximum Gasteiger partial charge on any atom is 0.248 e. The first kappa shape index (κ1) is 16.0. The SMILES string of the molecule is C[C@@H](N=CC(C)(C)C)C(=O)Nc1cc(Cl)cc(Cl)c1. The van der Waals surface area contributed by atoms with E-state index in [1.165, 1.54) is 0 Å². The fraction of sp³-hybridized carbons (Fsp3) is 0.429. The second kappa shape index (κ2) is 6.40. The average molecular weight is 301 g/mol. The lowest BCUT2D eigenvalue weighted by molar-refractivity contribution is -0.116. The van der Waals surface area contributed by atoms with Crippen molar-refractivity contribution in [3.05, 3.63) is 28.2 Å². The number of nitrogens with zero attached hydrogens (tertiary/aromatic N) is 1. The molecule has 5 heteroatoms. The minimum absolute atomic E-state index is 0.0477. The molecular weight excluding hydrogens is 283 g/mol. The van der Waals surface area contributed by atoms with E-state index in [4.69, 9.17) is 23.2 Å². The van der Waals surface area contributed by atoms with Gasteiger partial charge in [-0.15, -0.1) is 0 Å². The van der Waals surface area contributed by atoms with Crippen LogP contribution in [0.1, 0.15) is 27.7 Å². The predicted octanol–water partition coefficient (Wildman–Crippen LogP) is 4.44. The summed E-state index contributed by atoms with van der Waals surface area (Å²) in [5.74, 6) is -0.196. The third-order valence-electron chi connectivity index (χ3n) is 2.19. The van der Waals surface area contributed by atoms with E-state index in [1.807, 2.05) is 20.8 Å². The molecule has 1 amide bonds. The number of carbonyl (C=O) groups excluding carboxylic acids is 1. The summed E-state index contributed by atoms with van der Waals surface area (Å²) < 4.78 is 0. The number of hydrogen-bond acceptors (Lipinski definition) is 2. The van der Waals surface area contributed by atoms with Gasteiger partial charge in [0.1, 0.15) is 6.04 Å². The van der Waals surface area contributed by atoms with E-state index in [2.05, 4.69) is 10.3 Å². The lowest BCUT2D eigenvalue weighted by atomic mass is 9.99. The summed E-state index contributed by atoms with van der Waals surface area (Å²) in [7, 11) is 0. The zero-order chi connectivity index (χ0) is 14.6. The number of rotatable bonds is 3. The summed E-state index contributed by atoms with van der Waals surface area (Å²) in [6.07, 6.45) is 1.78. The van der Waals surface area contributed by atoms with E-state index < -0.39 is 6.04 Å². The third kappa shape index (κ3) is 6.08. The van der Waals surface area contributed by atoms with Gasteiger partial charge in [-0.25, -0.2) is 0 Å². The van der Waals surface area contributed by atoms with Gasteiger partial charge in [0, 0.05) is 21.9 Å². The van der Waals surface area contributed by atoms with E-state index in [-0.39, 0.29) is 11.3 Å². The summed E-state index contributed by atoms with van der Waals surface area (Å²) in [6.45, 7) is 7.82. The summed E-state index contributed by atoms with van der Waals surface area (Å²) >= 11 is 11.7. The zero-order valence-corrected chi connectivity index (χ0v) is 13.0. The highest BCUT2D eigenvalue weighted by molar-refractivity contribution is 6.35. The summed E-state index contributed by atoms with van der Waals surface area (Å²) in [5, 5.41) is 3.70. The lowest BCUT2D eigenvalue weighted by Gasteiger charge is -2.13. The zero-order valence-electron chi connectivity index (χ0n) is 11.5. The Kier molecular flexibility index (Phi) is 5.39. The molecule has 0 heterocycles. The molecule has 0 saturated heterocycles. The molecule has 1 atom stereocenters. The normalized spacial score (nSPS) is 13.6. The van der Waals surface area contributed by atoms with Crippen molar-refractivity contribution in [3.63, 3.8) is 0 Å². The number of amides is 1. The molecule has 0 unspecified atom stereocenters. The van der Waals surface area contributed by atoms with Gasteiger partial charge in [0.25, 0.3) is 0 Å². The maximum absolute atomic E-state index is 11.9. The Bertz CT molecular complexity index is 472. The first-order chi connectivity index (χ1) is 8.67. The van der Waals surface area contributed by atoms with Gasteiger partial charge in [0.2, 0.25) is 5.91 Å². The molecule has 1 aromatic rings. The van der Waals surface area contributed by atoms with E-state index in [9.17, 15) is 4.79 Å². The van der Waals surface area contributed by atoms with Gasteiger partial charge >= 0.3 is 0 Å². The molecule has 104 valence electrons. The molecule has 0 aliphatic carbocycles. The molecule has 0 saturated carbocycles. The van der Waals surface area contributed by atoms with Crippen molar-refractivity contribution in [1.29, 1.82) is 0 Å². The van der Waals surface area contributed by atoms with Crippen LogP contribution in [0.15, 0.2) is 23.2 Å². The van der Waals surface area contributed by atoms with Gasteiger partial charge < -0.3 is 5.32 Å². The Balaban J connectivity index is 2.71. The summed E-state index contributed by atoms with van der Waals surface area (Å²) in [5.41, 5.74) is 0.522. The second-order valence-electron chi connectivity index (χ2n) is 5.47. The van der Waals surface area contributed by atoms with Crippen molar-refractivity contribution in [1.82, 2.24) is 0 Å². The molecule has 1 N–H and O–H groups in total. The van der Waals surface area contributed by atoms with Gasteiger partial charge in [0.05, 0.1) is 0 Å². The Morgan fingerprint density at radius 1 is 1.26 bits per heavy atom. The van der Waals surface area contributed by atoms with E-state index in [0.717, 1.165) is 0 Å². The highest BCUT2D eigenvalue weighted by Crippen LogP contribution is 2.22. The van der Waals surface area contributed by atoms with Gasteiger partial charge in [-0.2, -0.15) is 0 Å². The molecule has 1 rings (SSSR count). The molecule has 0 aliphatic rings. The number of benzene rings is 1. The quantitative estimate of drug-likeness (QED) is 0.824. The molecule has 3 nitrogen and oxygen atoms in total. The van der Waals surface area contributed by atoms with Gasteiger partial charge in [-0.1, -0.05) is 44.0 Å². The van der Waals surface area contributed by atoms with E-state index >= 15 is 0 Å².